The average molecular weight is 370 g/mol. The standard InChI is InChI=1S/C21H25NO3.C2H6/c1-16(2)15-24-18-10-6-7-11-19(18)25-21(17-8-4-3-5-9-17)20-14-22-12-13-23-20;1-2/h3-11,20-22H,1,12-15H2,2H3;1-2H3. The lowest BCUT2D eigenvalue weighted by atomic mass is 10.0. The van der Waals surface area contributed by atoms with Crippen LogP contribution in [0.2, 0.25) is 0 Å². The molecule has 1 aliphatic heterocycles. The van der Waals surface area contributed by atoms with Gasteiger partial charge in [-0.3, -0.25) is 0 Å². The highest BCUT2D eigenvalue weighted by Gasteiger charge is 2.28. The van der Waals surface area contributed by atoms with Crippen LogP contribution >= 0.6 is 0 Å². The molecule has 0 bridgehead atoms. The van der Waals surface area contributed by atoms with Gasteiger partial charge in [-0.15, -0.1) is 0 Å². The van der Waals surface area contributed by atoms with Crippen molar-refractivity contribution in [3.63, 3.8) is 0 Å². The molecule has 1 fully saturated rings. The first-order valence-corrected chi connectivity index (χ1v) is 9.64. The molecule has 0 aromatic heterocycles. The van der Waals surface area contributed by atoms with E-state index in [2.05, 4.69) is 24.0 Å². The Balaban J connectivity index is 0.00000126. The summed E-state index contributed by atoms with van der Waals surface area (Å²) < 4.78 is 18.2. The summed E-state index contributed by atoms with van der Waals surface area (Å²) in [6.07, 6.45) is -0.256. The Bertz CT molecular complexity index is 681. The van der Waals surface area contributed by atoms with E-state index >= 15 is 0 Å². The Kier molecular flexibility index (Phi) is 8.89. The van der Waals surface area contributed by atoms with Crippen LogP contribution in [0.4, 0.5) is 0 Å². The van der Waals surface area contributed by atoms with E-state index in [9.17, 15) is 0 Å². The fourth-order valence-corrected chi connectivity index (χ4v) is 2.79. The highest BCUT2D eigenvalue weighted by atomic mass is 16.6. The van der Waals surface area contributed by atoms with Gasteiger partial charge in [0.15, 0.2) is 17.6 Å². The van der Waals surface area contributed by atoms with Crippen LogP contribution in [0.5, 0.6) is 11.5 Å². The number of rotatable bonds is 7. The van der Waals surface area contributed by atoms with Crippen molar-refractivity contribution < 1.29 is 14.2 Å². The minimum absolute atomic E-state index is 0.0506. The summed E-state index contributed by atoms with van der Waals surface area (Å²) in [5.74, 6) is 1.43. The summed E-state index contributed by atoms with van der Waals surface area (Å²) in [5, 5.41) is 3.38. The van der Waals surface area contributed by atoms with Gasteiger partial charge in [0, 0.05) is 13.1 Å². The van der Waals surface area contributed by atoms with Gasteiger partial charge in [-0.25, -0.2) is 0 Å². The Labute approximate surface area is 163 Å². The number of nitrogens with one attached hydrogen (secondary N) is 1. The fourth-order valence-electron chi connectivity index (χ4n) is 2.79. The number of para-hydroxylation sites is 2. The molecule has 1 saturated heterocycles. The van der Waals surface area contributed by atoms with Gasteiger partial charge in [-0.1, -0.05) is 62.9 Å². The van der Waals surface area contributed by atoms with Crippen molar-refractivity contribution in [1.29, 1.82) is 0 Å². The molecule has 1 aliphatic rings. The molecule has 27 heavy (non-hydrogen) atoms. The van der Waals surface area contributed by atoms with E-state index in [1.54, 1.807) is 0 Å². The highest BCUT2D eigenvalue weighted by Crippen LogP contribution is 2.33. The predicted molar refractivity (Wildman–Crippen MR) is 111 cm³/mol. The maximum Gasteiger partial charge on any atom is 0.162 e. The molecule has 0 aliphatic carbocycles. The lowest BCUT2D eigenvalue weighted by molar-refractivity contribution is -0.0439. The maximum absolute atomic E-state index is 6.38. The third-order valence-corrected chi connectivity index (χ3v) is 4.00. The van der Waals surface area contributed by atoms with E-state index in [-0.39, 0.29) is 12.2 Å². The maximum atomic E-state index is 6.38. The van der Waals surface area contributed by atoms with Crippen LogP contribution in [0.15, 0.2) is 66.7 Å². The molecule has 3 rings (SSSR count). The molecule has 0 amide bonds. The summed E-state index contributed by atoms with van der Waals surface area (Å²) in [6, 6.07) is 17.9. The van der Waals surface area contributed by atoms with Gasteiger partial charge in [-0.05, 0) is 30.2 Å². The van der Waals surface area contributed by atoms with Crippen molar-refractivity contribution in [3.05, 3.63) is 72.3 Å². The average Bonchev–Trinajstić information content (AvgIpc) is 2.74. The molecule has 0 radical (unpaired) electrons. The minimum atomic E-state index is -0.205. The van der Waals surface area contributed by atoms with Crippen LogP contribution in [-0.2, 0) is 4.74 Å². The zero-order chi connectivity index (χ0) is 19.5. The normalized spacial score (nSPS) is 17.2. The van der Waals surface area contributed by atoms with Crippen LogP contribution in [0.25, 0.3) is 0 Å². The first-order chi connectivity index (χ1) is 13.2. The SMILES string of the molecule is C=C(C)COc1ccccc1OC(c1ccccc1)C1CNCCO1.CC. The second-order valence-corrected chi connectivity index (χ2v) is 6.26. The van der Waals surface area contributed by atoms with Crippen molar-refractivity contribution in [1.82, 2.24) is 5.32 Å². The summed E-state index contributed by atoms with van der Waals surface area (Å²) in [7, 11) is 0. The fraction of sp³-hybridized carbons (Fsp3) is 0.391. The Morgan fingerprint density at radius 1 is 1.11 bits per heavy atom. The molecule has 0 spiro atoms. The van der Waals surface area contributed by atoms with Gasteiger partial charge >= 0.3 is 0 Å². The number of hydrogen-bond acceptors (Lipinski definition) is 4. The smallest absolute Gasteiger partial charge is 0.162 e. The zero-order valence-corrected chi connectivity index (χ0v) is 16.6. The summed E-state index contributed by atoms with van der Waals surface area (Å²) in [6.45, 7) is 12.6. The lowest BCUT2D eigenvalue weighted by Crippen LogP contribution is -2.43. The van der Waals surface area contributed by atoms with Gasteiger partial charge in [-0.2, -0.15) is 0 Å². The second-order valence-electron chi connectivity index (χ2n) is 6.26. The topological polar surface area (TPSA) is 39.7 Å². The van der Waals surface area contributed by atoms with Gasteiger partial charge < -0.3 is 19.5 Å². The third kappa shape index (κ3) is 6.42. The third-order valence-electron chi connectivity index (χ3n) is 4.00. The molecular formula is C23H31NO3. The van der Waals surface area contributed by atoms with Gasteiger partial charge in [0.25, 0.3) is 0 Å². The van der Waals surface area contributed by atoms with Crippen LogP contribution in [0.1, 0.15) is 32.4 Å². The van der Waals surface area contributed by atoms with Crippen molar-refractivity contribution >= 4 is 0 Å². The molecule has 0 saturated carbocycles. The van der Waals surface area contributed by atoms with E-state index in [0.29, 0.717) is 19.0 Å². The first kappa shape index (κ1) is 21.0. The van der Waals surface area contributed by atoms with Crippen LogP contribution in [0, 0.1) is 0 Å². The van der Waals surface area contributed by atoms with Gasteiger partial charge in [0.1, 0.15) is 12.7 Å². The Hall–Kier alpha value is -2.30. The highest BCUT2D eigenvalue weighted by molar-refractivity contribution is 5.40. The van der Waals surface area contributed by atoms with Crippen LogP contribution in [-0.4, -0.2) is 32.4 Å². The molecule has 2 aromatic rings. The summed E-state index contributed by atoms with van der Waals surface area (Å²) in [4.78, 5) is 0. The number of morpholine rings is 1. The molecule has 1 heterocycles. The first-order valence-electron chi connectivity index (χ1n) is 9.64. The largest absolute Gasteiger partial charge is 0.485 e. The van der Waals surface area contributed by atoms with E-state index in [4.69, 9.17) is 14.2 Å². The molecule has 146 valence electrons. The van der Waals surface area contributed by atoms with Gasteiger partial charge in [0.05, 0.1) is 6.61 Å². The molecule has 4 heteroatoms. The Morgan fingerprint density at radius 3 is 2.41 bits per heavy atom. The zero-order valence-electron chi connectivity index (χ0n) is 16.6. The number of hydrogen-bond donors (Lipinski definition) is 1. The van der Waals surface area contributed by atoms with Crippen molar-refractivity contribution in [3.8, 4) is 11.5 Å². The predicted octanol–water partition coefficient (Wildman–Crippen LogP) is 4.78. The molecular weight excluding hydrogens is 338 g/mol. The number of ether oxygens (including phenoxy) is 3. The quantitative estimate of drug-likeness (QED) is 0.713. The van der Waals surface area contributed by atoms with E-state index in [1.807, 2.05) is 63.2 Å². The molecule has 1 N–H and O–H groups in total. The van der Waals surface area contributed by atoms with Crippen molar-refractivity contribution in [2.24, 2.45) is 0 Å². The molecule has 2 unspecified atom stereocenters. The van der Waals surface area contributed by atoms with Crippen molar-refractivity contribution in [2.45, 2.75) is 33.0 Å². The summed E-state index contributed by atoms with van der Waals surface area (Å²) in [5.41, 5.74) is 2.06. The Morgan fingerprint density at radius 2 is 1.78 bits per heavy atom. The monoisotopic (exact) mass is 369 g/mol. The van der Waals surface area contributed by atoms with Crippen LogP contribution in [0.3, 0.4) is 0 Å². The second kappa shape index (κ2) is 11.4. The van der Waals surface area contributed by atoms with Crippen LogP contribution < -0.4 is 14.8 Å². The molecule has 2 atom stereocenters. The molecule has 4 nitrogen and oxygen atoms in total. The minimum Gasteiger partial charge on any atom is -0.485 e. The van der Waals surface area contributed by atoms with Crippen molar-refractivity contribution in [2.75, 3.05) is 26.3 Å². The van der Waals surface area contributed by atoms with E-state index in [0.717, 1.165) is 30.0 Å². The lowest BCUT2D eigenvalue weighted by Gasteiger charge is -2.32. The van der Waals surface area contributed by atoms with E-state index in [1.165, 1.54) is 0 Å². The molecule has 2 aromatic carbocycles. The van der Waals surface area contributed by atoms with E-state index < -0.39 is 0 Å². The number of benzene rings is 2. The van der Waals surface area contributed by atoms with Gasteiger partial charge in [0.2, 0.25) is 0 Å². The summed E-state index contributed by atoms with van der Waals surface area (Å²) >= 11 is 0.